The third kappa shape index (κ3) is 3.37. The summed E-state index contributed by atoms with van der Waals surface area (Å²) in [5.74, 6) is -1.05. The van der Waals surface area contributed by atoms with Crippen LogP contribution >= 0.6 is 22.9 Å². The summed E-state index contributed by atoms with van der Waals surface area (Å²) in [7, 11) is 0. The zero-order valence-electron chi connectivity index (χ0n) is 13.6. The number of benzene rings is 2. The molecule has 1 aliphatic rings. The topological polar surface area (TPSA) is 52.6 Å². The van der Waals surface area contributed by atoms with Crippen molar-refractivity contribution in [1.29, 1.82) is 0 Å². The number of halogens is 2. The van der Waals surface area contributed by atoms with Gasteiger partial charge in [-0.25, -0.2) is 9.18 Å². The molecule has 27 heavy (non-hydrogen) atoms. The van der Waals surface area contributed by atoms with Gasteiger partial charge in [0.05, 0.1) is 10.6 Å². The van der Waals surface area contributed by atoms with Crippen molar-refractivity contribution in [3.8, 4) is 11.5 Å². The fourth-order valence-corrected chi connectivity index (χ4v) is 3.38. The molecule has 0 saturated carbocycles. The van der Waals surface area contributed by atoms with Crippen LogP contribution in [0.15, 0.2) is 59.7 Å². The number of thiophene rings is 1. The van der Waals surface area contributed by atoms with E-state index in [-0.39, 0.29) is 27.8 Å². The Morgan fingerprint density at radius 3 is 2.78 bits per heavy atom. The molecule has 0 saturated heterocycles. The fourth-order valence-electron chi connectivity index (χ4n) is 2.56. The standard InChI is InChI=1S/C20H10ClFO4S/c21-14-3-1-4-15(22)13(14)10-17-19(23)12-7-6-11(9-16(12)26-17)25-20(24)18-5-2-8-27-18/h1-10H/b17-10+. The van der Waals surface area contributed by atoms with E-state index in [1.807, 2.05) is 0 Å². The van der Waals surface area contributed by atoms with Crippen LogP contribution in [0.5, 0.6) is 11.5 Å². The Bertz CT molecular complexity index is 1070. The minimum atomic E-state index is -0.562. The Morgan fingerprint density at radius 1 is 1.19 bits per heavy atom. The molecule has 7 heteroatoms. The number of carbonyl (C=O) groups is 2. The van der Waals surface area contributed by atoms with Gasteiger partial charge in [0.2, 0.25) is 5.78 Å². The van der Waals surface area contributed by atoms with Crippen molar-refractivity contribution in [3.63, 3.8) is 0 Å². The Labute approximate surface area is 162 Å². The van der Waals surface area contributed by atoms with Crippen LogP contribution in [0.25, 0.3) is 6.08 Å². The second-order valence-corrected chi connectivity index (χ2v) is 6.95. The van der Waals surface area contributed by atoms with Crippen molar-refractivity contribution in [1.82, 2.24) is 0 Å². The first-order chi connectivity index (χ1) is 13.0. The lowest BCUT2D eigenvalue weighted by atomic mass is 10.1. The second kappa shape index (κ2) is 6.98. The summed E-state index contributed by atoms with van der Waals surface area (Å²) in [6.45, 7) is 0. The van der Waals surface area contributed by atoms with Gasteiger partial charge in [-0.05, 0) is 41.8 Å². The molecule has 134 valence electrons. The summed E-state index contributed by atoms with van der Waals surface area (Å²) >= 11 is 7.25. The van der Waals surface area contributed by atoms with Crippen LogP contribution in [0.3, 0.4) is 0 Å². The molecule has 0 aliphatic carbocycles. The van der Waals surface area contributed by atoms with Crippen molar-refractivity contribution < 1.29 is 23.5 Å². The van der Waals surface area contributed by atoms with Crippen LogP contribution in [0.4, 0.5) is 4.39 Å². The average molecular weight is 401 g/mol. The van der Waals surface area contributed by atoms with Gasteiger partial charge >= 0.3 is 5.97 Å². The third-order valence-corrected chi connectivity index (χ3v) is 5.03. The van der Waals surface area contributed by atoms with Gasteiger partial charge in [-0.15, -0.1) is 11.3 Å². The Kier molecular flexibility index (Phi) is 4.51. The number of esters is 1. The molecule has 0 spiro atoms. The molecule has 3 aromatic rings. The van der Waals surface area contributed by atoms with Crippen molar-refractivity contribution >= 4 is 40.8 Å². The minimum Gasteiger partial charge on any atom is -0.452 e. The van der Waals surface area contributed by atoms with Gasteiger partial charge in [0.1, 0.15) is 22.2 Å². The molecule has 4 nitrogen and oxygen atoms in total. The van der Waals surface area contributed by atoms with E-state index in [0.29, 0.717) is 10.4 Å². The number of ether oxygens (including phenoxy) is 2. The summed E-state index contributed by atoms with van der Waals surface area (Å²) in [6, 6.07) is 12.1. The van der Waals surface area contributed by atoms with Gasteiger partial charge in [0.25, 0.3) is 0 Å². The molecule has 2 heterocycles. The largest absolute Gasteiger partial charge is 0.452 e. The number of hydrogen-bond donors (Lipinski definition) is 0. The SMILES string of the molecule is O=C(Oc1ccc2c(c1)O/C(=C/c1c(F)cccc1Cl)C2=O)c1cccs1. The van der Waals surface area contributed by atoms with E-state index >= 15 is 0 Å². The summed E-state index contributed by atoms with van der Waals surface area (Å²) in [5, 5.41) is 1.94. The van der Waals surface area contributed by atoms with Gasteiger partial charge in [-0.1, -0.05) is 23.7 Å². The maximum absolute atomic E-state index is 13.9. The number of carbonyl (C=O) groups excluding carboxylic acids is 2. The monoisotopic (exact) mass is 400 g/mol. The molecule has 0 fully saturated rings. The predicted octanol–water partition coefficient (Wildman–Crippen LogP) is 5.38. The number of hydrogen-bond acceptors (Lipinski definition) is 5. The van der Waals surface area contributed by atoms with Gasteiger partial charge in [0.15, 0.2) is 5.76 Å². The lowest BCUT2D eigenvalue weighted by Crippen LogP contribution is -2.06. The molecule has 1 aliphatic heterocycles. The molecule has 0 atom stereocenters. The quantitative estimate of drug-likeness (QED) is 0.336. The molecule has 0 unspecified atom stereocenters. The van der Waals surface area contributed by atoms with E-state index < -0.39 is 17.6 Å². The van der Waals surface area contributed by atoms with Gasteiger partial charge in [0, 0.05) is 11.6 Å². The predicted molar refractivity (Wildman–Crippen MR) is 100 cm³/mol. The number of rotatable bonds is 3. The number of allylic oxidation sites excluding steroid dienone is 1. The van der Waals surface area contributed by atoms with E-state index in [1.165, 1.54) is 53.8 Å². The van der Waals surface area contributed by atoms with E-state index in [0.717, 1.165) is 0 Å². The van der Waals surface area contributed by atoms with E-state index in [4.69, 9.17) is 21.1 Å². The maximum atomic E-state index is 13.9. The first-order valence-corrected chi connectivity index (χ1v) is 9.06. The molecule has 2 aromatic carbocycles. The van der Waals surface area contributed by atoms with Crippen LogP contribution in [0, 0.1) is 5.82 Å². The summed E-state index contributed by atoms with van der Waals surface area (Å²) in [6.07, 6.45) is 1.26. The first kappa shape index (κ1) is 17.5. The first-order valence-electron chi connectivity index (χ1n) is 7.81. The zero-order chi connectivity index (χ0) is 19.0. The summed E-state index contributed by atoms with van der Waals surface area (Å²) in [4.78, 5) is 25.0. The summed E-state index contributed by atoms with van der Waals surface area (Å²) < 4.78 is 24.8. The highest BCUT2D eigenvalue weighted by atomic mass is 35.5. The maximum Gasteiger partial charge on any atom is 0.353 e. The number of ketones is 1. The zero-order valence-corrected chi connectivity index (χ0v) is 15.1. The van der Waals surface area contributed by atoms with Crippen LogP contribution < -0.4 is 9.47 Å². The average Bonchev–Trinajstić information content (AvgIpc) is 3.27. The van der Waals surface area contributed by atoms with E-state index in [9.17, 15) is 14.0 Å². The van der Waals surface area contributed by atoms with Crippen LogP contribution in [0.1, 0.15) is 25.6 Å². The Balaban J connectivity index is 1.61. The smallest absolute Gasteiger partial charge is 0.353 e. The molecule has 0 amide bonds. The third-order valence-electron chi connectivity index (χ3n) is 3.85. The van der Waals surface area contributed by atoms with Crippen molar-refractivity contribution in [2.45, 2.75) is 0 Å². The van der Waals surface area contributed by atoms with Gasteiger partial charge in [-0.3, -0.25) is 4.79 Å². The highest BCUT2D eigenvalue weighted by molar-refractivity contribution is 7.12. The fraction of sp³-hybridized carbons (Fsp3) is 0. The van der Waals surface area contributed by atoms with Crippen molar-refractivity contribution in [2.75, 3.05) is 0 Å². The van der Waals surface area contributed by atoms with Crippen LogP contribution in [-0.4, -0.2) is 11.8 Å². The lowest BCUT2D eigenvalue weighted by molar-refractivity contribution is 0.0739. The lowest BCUT2D eigenvalue weighted by Gasteiger charge is -2.04. The molecule has 1 aromatic heterocycles. The van der Waals surface area contributed by atoms with E-state index in [1.54, 1.807) is 17.5 Å². The minimum absolute atomic E-state index is 0.0567. The van der Waals surface area contributed by atoms with Crippen LogP contribution in [-0.2, 0) is 0 Å². The van der Waals surface area contributed by atoms with Crippen molar-refractivity contribution in [3.05, 3.63) is 86.5 Å². The van der Waals surface area contributed by atoms with Gasteiger partial charge in [-0.2, -0.15) is 0 Å². The highest BCUT2D eigenvalue weighted by Gasteiger charge is 2.28. The van der Waals surface area contributed by atoms with Crippen LogP contribution in [0.2, 0.25) is 5.02 Å². The van der Waals surface area contributed by atoms with E-state index in [2.05, 4.69) is 0 Å². The molecule has 0 radical (unpaired) electrons. The Hall–Kier alpha value is -2.96. The Morgan fingerprint density at radius 2 is 2.04 bits per heavy atom. The second-order valence-electron chi connectivity index (χ2n) is 5.60. The van der Waals surface area contributed by atoms with Crippen molar-refractivity contribution in [2.24, 2.45) is 0 Å². The normalized spacial score (nSPS) is 14.1. The highest BCUT2D eigenvalue weighted by Crippen LogP contribution is 2.36. The number of Topliss-reactive ketones (excluding diaryl/α,β-unsaturated/α-hetero) is 1. The molecular formula is C20H10ClFO4S. The summed E-state index contributed by atoms with van der Waals surface area (Å²) in [5.41, 5.74) is 0.365. The van der Waals surface area contributed by atoms with Gasteiger partial charge < -0.3 is 9.47 Å². The molecule has 0 bridgehead atoms. The molecule has 0 N–H and O–H groups in total. The molecular weight excluding hydrogens is 391 g/mol. The number of fused-ring (bicyclic) bond motifs is 1. The molecule has 4 rings (SSSR count).